The number of halogens is 4. The number of allylic oxidation sites excluding steroid dienone is 2. The van der Waals surface area contributed by atoms with Crippen molar-refractivity contribution in [3.63, 3.8) is 0 Å². The van der Waals surface area contributed by atoms with Crippen molar-refractivity contribution < 1.29 is 22.3 Å². The number of hydrogen-bond donors (Lipinski definition) is 0. The molecule has 0 saturated heterocycles. The van der Waals surface area contributed by atoms with Crippen LogP contribution in [0.3, 0.4) is 0 Å². The molecule has 0 radical (unpaired) electrons. The zero-order valence-electron chi connectivity index (χ0n) is 25.4. The molecule has 1 nitrogen and oxygen atoms in total. The van der Waals surface area contributed by atoms with E-state index in [1.165, 1.54) is 18.9 Å². The van der Waals surface area contributed by atoms with Crippen molar-refractivity contribution in [2.75, 3.05) is 0 Å². The molecule has 5 rings (SSSR count). The molecule has 0 aromatic heterocycles. The number of ether oxygens (including phenoxy) is 1. The lowest BCUT2D eigenvalue weighted by Gasteiger charge is -2.39. The molecule has 0 N–H and O–H groups in total. The van der Waals surface area contributed by atoms with E-state index in [-0.39, 0.29) is 17.5 Å². The van der Waals surface area contributed by atoms with Crippen molar-refractivity contribution >= 4 is 0 Å². The summed E-state index contributed by atoms with van der Waals surface area (Å²) in [5.74, 6) is 0.984. The molecular formula is C37H48F4O. The molecule has 3 aliphatic rings. The van der Waals surface area contributed by atoms with Crippen molar-refractivity contribution in [2.45, 2.75) is 122 Å². The maximum atomic E-state index is 15.2. The van der Waals surface area contributed by atoms with E-state index < -0.39 is 17.8 Å². The van der Waals surface area contributed by atoms with Gasteiger partial charge in [-0.05, 0) is 142 Å². The molecule has 0 atom stereocenters. The van der Waals surface area contributed by atoms with Crippen LogP contribution >= 0.6 is 0 Å². The summed E-state index contributed by atoms with van der Waals surface area (Å²) in [5.41, 5.74) is 2.54. The number of hydrogen-bond acceptors (Lipinski definition) is 1. The maximum Gasteiger partial charge on any atom is 0.400 e. The Morgan fingerprint density at radius 2 is 1.40 bits per heavy atom. The largest absolute Gasteiger partial charge is 0.432 e. The Bertz CT molecular complexity index is 1180. The topological polar surface area (TPSA) is 9.23 Å². The minimum Gasteiger partial charge on any atom is -0.432 e. The van der Waals surface area contributed by atoms with Gasteiger partial charge in [0.1, 0.15) is 17.4 Å². The zero-order valence-corrected chi connectivity index (χ0v) is 25.4. The quantitative estimate of drug-likeness (QED) is 0.210. The smallest absolute Gasteiger partial charge is 0.400 e. The zero-order chi connectivity index (χ0) is 29.7. The molecule has 5 heteroatoms. The molecule has 0 aliphatic heterocycles. The number of benzene rings is 2. The first-order chi connectivity index (χ1) is 20.2. The van der Waals surface area contributed by atoms with Crippen LogP contribution in [0.2, 0.25) is 0 Å². The van der Waals surface area contributed by atoms with Crippen LogP contribution in [0.1, 0.15) is 126 Å². The summed E-state index contributed by atoms with van der Waals surface area (Å²) in [4.78, 5) is 0. The minimum atomic E-state index is -3.32. The first-order valence-corrected chi connectivity index (χ1v) is 16.5. The number of alkyl halides is 2. The second-order valence-corrected chi connectivity index (χ2v) is 13.5. The lowest BCUT2D eigenvalue weighted by molar-refractivity contribution is -0.224. The Morgan fingerprint density at radius 1 is 0.762 bits per heavy atom. The average Bonchev–Trinajstić information content (AvgIpc) is 2.99. The molecule has 0 heterocycles. The molecule has 3 fully saturated rings. The molecule has 0 bridgehead atoms. The molecule has 42 heavy (non-hydrogen) atoms. The van der Waals surface area contributed by atoms with Crippen molar-refractivity contribution in [3.8, 4) is 5.75 Å². The molecule has 0 spiro atoms. The lowest BCUT2D eigenvalue weighted by atomic mass is 9.68. The van der Waals surface area contributed by atoms with Crippen molar-refractivity contribution in [1.29, 1.82) is 0 Å². The van der Waals surface area contributed by atoms with Gasteiger partial charge in [-0.3, -0.25) is 0 Å². The van der Waals surface area contributed by atoms with Gasteiger partial charge in [-0.25, -0.2) is 8.78 Å². The summed E-state index contributed by atoms with van der Waals surface area (Å²) in [5, 5.41) is 0. The van der Waals surface area contributed by atoms with E-state index in [0.29, 0.717) is 49.0 Å². The van der Waals surface area contributed by atoms with Gasteiger partial charge in [-0.15, -0.1) is 0 Å². The predicted molar refractivity (Wildman–Crippen MR) is 162 cm³/mol. The van der Waals surface area contributed by atoms with Gasteiger partial charge in [-0.1, -0.05) is 50.1 Å². The van der Waals surface area contributed by atoms with E-state index in [4.69, 9.17) is 4.74 Å². The van der Waals surface area contributed by atoms with E-state index in [2.05, 4.69) is 13.0 Å². The minimum absolute atomic E-state index is 0.0412. The molecule has 2 aromatic carbocycles. The fourth-order valence-corrected chi connectivity index (χ4v) is 7.99. The first-order valence-electron chi connectivity index (χ1n) is 16.5. The summed E-state index contributed by atoms with van der Waals surface area (Å²) in [7, 11) is 0. The van der Waals surface area contributed by atoms with Crippen LogP contribution in [0, 0.1) is 35.3 Å². The highest BCUT2D eigenvalue weighted by Crippen LogP contribution is 2.47. The fraction of sp³-hybridized carbons (Fsp3) is 0.622. The lowest BCUT2D eigenvalue weighted by Crippen LogP contribution is -2.38. The summed E-state index contributed by atoms with van der Waals surface area (Å²) < 4.78 is 65.0. The standard InChI is InChI=1S/C37H48F4O/c1-3-4-5-6-30-17-21-33(24-35(30)38)42-37(40,41)32-19-15-27(16-20-32)26-11-13-29(14-12-26)34-22-18-31(23-36(34)39)28-9-7-25(2)8-10-28/h3-4,17-18,21-29,32H,5-16,19-20H2,1-2H3/b4-3+. The van der Waals surface area contributed by atoms with Gasteiger partial charge in [0.15, 0.2) is 0 Å². The number of aryl methyl sites for hydroxylation is 1. The van der Waals surface area contributed by atoms with Gasteiger partial charge in [0.2, 0.25) is 0 Å². The van der Waals surface area contributed by atoms with E-state index in [1.54, 1.807) is 12.1 Å². The Labute approximate surface area is 250 Å². The number of rotatable bonds is 9. The SMILES string of the molecule is C/C=C/CCc1ccc(OC(F)(F)C2CCC(C3CCC(c4ccc(C5CCC(C)CC5)cc4F)CC3)CC2)cc1F. The Morgan fingerprint density at radius 3 is 2.02 bits per heavy atom. The van der Waals surface area contributed by atoms with Crippen molar-refractivity contribution in [1.82, 2.24) is 0 Å². The third-order valence-electron chi connectivity index (χ3n) is 10.7. The van der Waals surface area contributed by atoms with Gasteiger partial charge in [0.25, 0.3) is 0 Å². The van der Waals surface area contributed by atoms with E-state index >= 15 is 13.2 Å². The summed E-state index contributed by atoms with van der Waals surface area (Å²) >= 11 is 0. The summed E-state index contributed by atoms with van der Waals surface area (Å²) in [6.07, 6.45) is 12.9. The van der Waals surface area contributed by atoms with Crippen LogP contribution in [0.15, 0.2) is 48.6 Å². The molecule has 230 valence electrons. The van der Waals surface area contributed by atoms with Crippen molar-refractivity contribution in [3.05, 3.63) is 76.9 Å². The normalized spacial score (nSPS) is 29.1. The summed E-state index contributed by atoms with van der Waals surface area (Å²) in [6.45, 7) is 4.22. The van der Waals surface area contributed by atoms with Crippen molar-refractivity contribution in [2.24, 2.45) is 23.7 Å². The average molecular weight is 585 g/mol. The maximum absolute atomic E-state index is 15.2. The third kappa shape index (κ3) is 7.61. The van der Waals surface area contributed by atoms with Gasteiger partial charge >= 0.3 is 6.11 Å². The van der Waals surface area contributed by atoms with Gasteiger partial charge < -0.3 is 4.74 Å². The monoisotopic (exact) mass is 584 g/mol. The first kappa shape index (κ1) is 31.1. The van der Waals surface area contributed by atoms with Gasteiger partial charge in [-0.2, -0.15) is 8.78 Å². The van der Waals surface area contributed by atoms with Gasteiger partial charge in [0.05, 0.1) is 5.92 Å². The van der Waals surface area contributed by atoms with Crippen LogP contribution in [0.4, 0.5) is 17.6 Å². The Kier molecular flexibility index (Phi) is 10.4. The highest BCUT2D eigenvalue weighted by molar-refractivity contribution is 5.31. The van der Waals surface area contributed by atoms with E-state index in [9.17, 15) is 4.39 Å². The molecule has 0 unspecified atom stereocenters. The highest BCUT2D eigenvalue weighted by atomic mass is 19.3. The molecule has 0 amide bonds. The van der Waals surface area contributed by atoms with Crippen LogP contribution in [-0.2, 0) is 6.42 Å². The highest BCUT2D eigenvalue weighted by Gasteiger charge is 2.45. The molecular weight excluding hydrogens is 536 g/mol. The summed E-state index contributed by atoms with van der Waals surface area (Å²) in [6, 6.07) is 10.1. The second-order valence-electron chi connectivity index (χ2n) is 13.5. The fourth-order valence-electron chi connectivity index (χ4n) is 7.99. The molecule has 3 saturated carbocycles. The second kappa shape index (κ2) is 14.0. The van der Waals surface area contributed by atoms with Gasteiger partial charge in [0, 0.05) is 6.07 Å². The third-order valence-corrected chi connectivity index (χ3v) is 10.7. The predicted octanol–water partition coefficient (Wildman–Crippen LogP) is 11.5. The molecule has 3 aliphatic carbocycles. The van der Waals surface area contributed by atoms with Crippen LogP contribution in [-0.4, -0.2) is 6.11 Å². The van der Waals surface area contributed by atoms with Crippen LogP contribution in [0.25, 0.3) is 0 Å². The van der Waals surface area contributed by atoms with E-state index in [1.807, 2.05) is 25.1 Å². The van der Waals surface area contributed by atoms with Crippen LogP contribution in [0.5, 0.6) is 5.75 Å². The van der Waals surface area contributed by atoms with E-state index in [0.717, 1.165) is 74.5 Å². The Hall–Kier alpha value is -2.30. The Balaban J connectivity index is 1.09. The van der Waals surface area contributed by atoms with Crippen LogP contribution < -0.4 is 4.74 Å². The molecule has 2 aromatic rings.